The molecule has 2 aromatic rings. The molecule has 1 N–H and O–H groups in total. The van der Waals surface area contributed by atoms with Gasteiger partial charge in [0.25, 0.3) is 0 Å². The van der Waals surface area contributed by atoms with E-state index in [0.29, 0.717) is 17.2 Å². The van der Waals surface area contributed by atoms with Crippen LogP contribution in [0, 0.1) is 0 Å². The molecule has 3 atom stereocenters. The smallest absolute Gasteiger partial charge is 0.348 e. The van der Waals surface area contributed by atoms with Crippen molar-refractivity contribution in [1.82, 2.24) is 4.90 Å². The molecule has 0 aromatic heterocycles. The van der Waals surface area contributed by atoms with Gasteiger partial charge in [0.2, 0.25) is 5.60 Å². The number of hydrogen-bond acceptors (Lipinski definition) is 4. The van der Waals surface area contributed by atoms with Crippen LogP contribution in [0.1, 0.15) is 36.8 Å². The molecule has 2 aliphatic heterocycles. The summed E-state index contributed by atoms with van der Waals surface area (Å²) < 4.78 is 5.94. The van der Waals surface area contributed by atoms with Crippen LogP contribution in [0.4, 0.5) is 0 Å². The second-order valence-corrected chi connectivity index (χ2v) is 7.43. The summed E-state index contributed by atoms with van der Waals surface area (Å²) in [4.78, 5) is 15.6. The molecule has 4 heteroatoms. The van der Waals surface area contributed by atoms with Gasteiger partial charge in [-0.1, -0.05) is 60.7 Å². The summed E-state index contributed by atoms with van der Waals surface area (Å²) >= 11 is 0. The van der Waals surface area contributed by atoms with Crippen LogP contribution in [-0.2, 0) is 15.1 Å². The number of hydrogen-bond donors (Lipinski definition) is 1. The third-order valence-electron chi connectivity index (χ3n) is 6.05. The zero-order valence-electron chi connectivity index (χ0n) is 15.0. The van der Waals surface area contributed by atoms with E-state index in [0.717, 1.165) is 25.7 Å². The number of benzene rings is 2. The molecule has 0 saturated carbocycles. The van der Waals surface area contributed by atoms with Crippen molar-refractivity contribution in [3.05, 3.63) is 71.8 Å². The fraction of sp³-hybridized carbons (Fsp3) is 0.409. The van der Waals surface area contributed by atoms with E-state index in [-0.39, 0.29) is 12.1 Å². The maximum absolute atomic E-state index is 13.2. The predicted octanol–water partition coefficient (Wildman–Crippen LogP) is 3.09. The van der Waals surface area contributed by atoms with E-state index in [1.165, 1.54) is 0 Å². The first-order chi connectivity index (χ1) is 12.6. The van der Waals surface area contributed by atoms with Crippen molar-refractivity contribution in [2.45, 2.75) is 49.5 Å². The Labute approximate surface area is 154 Å². The number of piperidine rings is 1. The molecule has 0 aliphatic carbocycles. The maximum atomic E-state index is 13.2. The molecular weight excluding hydrogens is 326 g/mol. The summed E-state index contributed by atoms with van der Waals surface area (Å²) in [5.41, 5.74) is -0.731. The van der Waals surface area contributed by atoms with Crippen LogP contribution in [0.5, 0.6) is 0 Å². The minimum atomic E-state index is -1.80. The Kier molecular flexibility index (Phi) is 4.55. The molecular formula is C22H25NO3. The molecule has 4 rings (SSSR count). The van der Waals surface area contributed by atoms with E-state index in [2.05, 4.69) is 11.9 Å². The third kappa shape index (κ3) is 2.83. The zero-order valence-corrected chi connectivity index (χ0v) is 15.0. The van der Waals surface area contributed by atoms with Crippen LogP contribution in [0.3, 0.4) is 0 Å². The average molecular weight is 351 g/mol. The largest absolute Gasteiger partial charge is 0.458 e. The van der Waals surface area contributed by atoms with Gasteiger partial charge < -0.3 is 9.84 Å². The van der Waals surface area contributed by atoms with Gasteiger partial charge in [-0.05, 0) is 43.9 Å². The van der Waals surface area contributed by atoms with Gasteiger partial charge in [-0.25, -0.2) is 4.79 Å². The molecule has 2 heterocycles. The zero-order chi connectivity index (χ0) is 18.1. The Morgan fingerprint density at radius 1 is 0.962 bits per heavy atom. The normalized spacial score (nSPS) is 25.8. The average Bonchev–Trinajstić information content (AvgIpc) is 2.92. The minimum absolute atomic E-state index is 0.162. The van der Waals surface area contributed by atoms with Crippen molar-refractivity contribution in [3.63, 3.8) is 0 Å². The van der Waals surface area contributed by atoms with Crippen molar-refractivity contribution in [1.29, 1.82) is 0 Å². The Morgan fingerprint density at radius 3 is 2.08 bits per heavy atom. The molecule has 2 aromatic carbocycles. The van der Waals surface area contributed by atoms with E-state index in [1.807, 2.05) is 36.4 Å². The number of carbonyl (C=O) groups excluding carboxylic acids is 1. The summed E-state index contributed by atoms with van der Waals surface area (Å²) in [6.45, 7) is 0. The lowest BCUT2D eigenvalue weighted by molar-refractivity contribution is -0.173. The molecule has 0 amide bonds. The van der Waals surface area contributed by atoms with Crippen molar-refractivity contribution >= 4 is 5.97 Å². The lowest BCUT2D eigenvalue weighted by Crippen LogP contribution is -2.49. The highest BCUT2D eigenvalue weighted by atomic mass is 16.6. The number of esters is 1. The summed E-state index contributed by atoms with van der Waals surface area (Å²) in [6, 6.07) is 19.0. The Balaban J connectivity index is 1.65. The van der Waals surface area contributed by atoms with Gasteiger partial charge in [0.15, 0.2) is 0 Å². The van der Waals surface area contributed by atoms with Crippen molar-refractivity contribution in [3.8, 4) is 0 Å². The summed E-state index contributed by atoms with van der Waals surface area (Å²) in [5.74, 6) is -0.585. The van der Waals surface area contributed by atoms with Gasteiger partial charge in [-0.15, -0.1) is 0 Å². The number of likely N-dealkylation sites (N-methyl/N-ethyl adjacent to an activating group) is 1. The topological polar surface area (TPSA) is 49.8 Å². The fourth-order valence-electron chi connectivity index (χ4n) is 4.51. The van der Waals surface area contributed by atoms with Crippen LogP contribution in [0.2, 0.25) is 0 Å². The number of aliphatic hydroxyl groups is 1. The van der Waals surface area contributed by atoms with Crippen LogP contribution in [0.25, 0.3) is 0 Å². The van der Waals surface area contributed by atoms with E-state index in [1.54, 1.807) is 24.3 Å². The molecule has 0 radical (unpaired) electrons. The van der Waals surface area contributed by atoms with E-state index in [9.17, 15) is 9.90 Å². The highest BCUT2D eigenvalue weighted by Crippen LogP contribution is 2.38. The Morgan fingerprint density at radius 2 is 1.50 bits per heavy atom. The SMILES string of the molecule is CN1[C@H]2CC[C@@H](OC(=O)C(O)(c3ccccc3)c3ccccc3)[C@@H]1CC2. The first-order valence-corrected chi connectivity index (χ1v) is 9.37. The molecule has 26 heavy (non-hydrogen) atoms. The molecule has 2 fully saturated rings. The van der Waals surface area contributed by atoms with Crippen molar-refractivity contribution < 1.29 is 14.6 Å². The van der Waals surface area contributed by atoms with E-state index >= 15 is 0 Å². The second kappa shape index (κ2) is 6.86. The van der Waals surface area contributed by atoms with Gasteiger partial charge in [-0.2, -0.15) is 0 Å². The van der Waals surface area contributed by atoms with E-state index in [4.69, 9.17) is 4.74 Å². The lowest BCUT2D eigenvalue weighted by atomic mass is 9.86. The second-order valence-electron chi connectivity index (χ2n) is 7.43. The predicted molar refractivity (Wildman–Crippen MR) is 99.6 cm³/mol. The fourth-order valence-corrected chi connectivity index (χ4v) is 4.51. The van der Waals surface area contributed by atoms with Crippen LogP contribution >= 0.6 is 0 Å². The van der Waals surface area contributed by atoms with Gasteiger partial charge in [0.1, 0.15) is 6.10 Å². The van der Waals surface area contributed by atoms with Crippen LogP contribution in [0.15, 0.2) is 60.7 Å². The van der Waals surface area contributed by atoms with Crippen LogP contribution in [-0.4, -0.2) is 41.2 Å². The number of fused-ring (bicyclic) bond motifs is 2. The van der Waals surface area contributed by atoms with Gasteiger partial charge in [-0.3, -0.25) is 4.90 Å². The number of ether oxygens (including phenoxy) is 1. The number of nitrogens with zero attached hydrogens (tertiary/aromatic N) is 1. The molecule has 2 aliphatic rings. The van der Waals surface area contributed by atoms with Crippen molar-refractivity contribution in [2.24, 2.45) is 0 Å². The summed E-state index contributed by atoms with van der Waals surface area (Å²) in [5, 5.41) is 11.5. The van der Waals surface area contributed by atoms with Gasteiger partial charge in [0.05, 0.1) is 0 Å². The molecule has 2 saturated heterocycles. The molecule has 0 unspecified atom stereocenters. The molecule has 136 valence electrons. The third-order valence-corrected chi connectivity index (χ3v) is 6.05. The minimum Gasteiger partial charge on any atom is -0.458 e. The van der Waals surface area contributed by atoms with Crippen LogP contribution < -0.4 is 0 Å². The first kappa shape index (κ1) is 17.3. The summed E-state index contributed by atoms with van der Waals surface area (Å²) in [7, 11) is 2.11. The van der Waals surface area contributed by atoms with Gasteiger partial charge >= 0.3 is 5.97 Å². The van der Waals surface area contributed by atoms with E-state index < -0.39 is 11.6 Å². The lowest BCUT2D eigenvalue weighted by Gasteiger charge is -2.38. The van der Waals surface area contributed by atoms with Crippen molar-refractivity contribution in [2.75, 3.05) is 7.05 Å². The highest BCUT2D eigenvalue weighted by molar-refractivity contribution is 5.85. The quantitative estimate of drug-likeness (QED) is 0.860. The first-order valence-electron chi connectivity index (χ1n) is 9.37. The molecule has 2 bridgehead atoms. The Bertz CT molecular complexity index is 722. The number of carbonyl (C=O) groups is 1. The highest BCUT2D eigenvalue weighted by Gasteiger charge is 2.47. The van der Waals surface area contributed by atoms with Gasteiger partial charge in [0, 0.05) is 12.1 Å². The monoisotopic (exact) mass is 351 g/mol. The molecule has 4 nitrogen and oxygen atoms in total. The standard InChI is InChI=1S/C22H25NO3/c1-23-18-12-14-19(23)20(15-13-18)26-21(24)22(25,16-8-4-2-5-9-16)17-10-6-3-7-11-17/h2-11,18-20,25H,12-15H2,1H3/t18-,19+,20-/m1/s1. The Hall–Kier alpha value is -2.17. The molecule has 0 spiro atoms. The maximum Gasteiger partial charge on any atom is 0.348 e. The number of rotatable bonds is 4. The summed E-state index contributed by atoms with van der Waals surface area (Å²) in [6.07, 6.45) is 3.96.